The van der Waals surface area contributed by atoms with Gasteiger partial charge in [-0.1, -0.05) is 11.6 Å². The van der Waals surface area contributed by atoms with Crippen LogP contribution in [0, 0.1) is 12.7 Å². The van der Waals surface area contributed by atoms with Gasteiger partial charge in [0, 0.05) is 29.5 Å². The highest BCUT2D eigenvalue weighted by molar-refractivity contribution is 6.30. The standard InChI is InChI=1S/C19H20ClFN2O2/c1-13-8-14(20)4-5-18(13)25-12-19(24)22-16-9-15(21)10-17(11-16)23-6-2-3-7-23/h4-5,8-11H,2-3,6-7,12H2,1H3,(H,22,24). The smallest absolute Gasteiger partial charge is 0.262 e. The Morgan fingerprint density at radius 1 is 1.24 bits per heavy atom. The molecule has 6 heteroatoms. The molecule has 0 atom stereocenters. The number of nitrogens with one attached hydrogen (secondary N) is 1. The molecule has 25 heavy (non-hydrogen) atoms. The van der Waals surface area contributed by atoms with Crippen molar-refractivity contribution in [3.63, 3.8) is 0 Å². The van der Waals surface area contributed by atoms with Gasteiger partial charge >= 0.3 is 0 Å². The number of hydrogen-bond acceptors (Lipinski definition) is 3. The normalized spacial score (nSPS) is 13.8. The number of carbonyl (C=O) groups excluding carboxylic acids is 1. The second-order valence-corrected chi connectivity index (χ2v) is 6.58. The summed E-state index contributed by atoms with van der Waals surface area (Å²) in [6, 6.07) is 9.79. The number of benzene rings is 2. The molecule has 1 amide bonds. The first-order valence-electron chi connectivity index (χ1n) is 8.25. The number of anilines is 2. The fourth-order valence-electron chi connectivity index (χ4n) is 2.92. The van der Waals surface area contributed by atoms with Crippen LogP contribution in [0.4, 0.5) is 15.8 Å². The molecule has 132 valence electrons. The fraction of sp³-hybridized carbons (Fsp3) is 0.316. The lowest BCUT2D eigenvalue weighted by atomic mass is 10.2. The molecular weight excluding hydrogens is 343 g/mol. The molecular formula is C19H20ClFN2O2. The number of nitrogens with zero attached hydrogens (tertiary/aromatic N) is 1. The number of carbonyl (C=O) groups is 1. The summed E-state index contributed by atoms with van der Waals surface area (Å²) in [4.78, 5) is 14.2. The van der Waals surface area contributed by atoms with Crippen LogP contribution in [0.25, 0.3) is 0 Å². The van der Waals surface area contributed by atoms with Crippen LogP contribution in [0.1, 0.15) is 18.4 Å². The van der Waals surface area contributed by atoms with E-state index in [4.69, 9.17) is 16.3 Å². The Hall–Kier alpha value is -2.27. The van der Waals surface area contributed by atoms with Crippen molar-refractivity contribution in [1.82, 2.24) is 0 Å². The summed E-state index contributed by atoms with van der Waals surface area (Å²) in [5.41, 5.74) is 2.08. The van der Waals surface area contributed by atoms with Crippen molar-refractivity contribution < 1.29 is 13.9 Å². The third-order valence-electron chi connectivity index (χ3n) is 4.13. The van der Waals surface area contributed by atoms with Crippen LogP contribution < -0.4 is 15.0 Å². The summed E-state index contributed by atoms with van der Waals surface area (Å²) in [5.74, 6) is -0.113. The molecule has 1 aliphatic heterocycles. The highest BCUT2D eigenvalue weighted by Crippen LogP contribution is 2.25. The molecule has 0 aliphatic carbocycles. The molecule has 1 N–H and O–H groups in total. The molecule has 3 rings (SSSR count). The Kier molecular flexibility index (Phi) is 5.43. The van der Waals surface area contributed by atoms with Crippen LogP contribution >= 0.6 is 11.6 Å². The zero-order valence-corrected chi connectivity index (χ0v) is 14.8. The molecule has 2 aromatic rings. The van der Waals surface area contributed by atoms with Gasteiger partial charge in [0.1, 0.15) is 11.6 Å². The molecule has 0 bridgehead atoms. The van der Waals surface area contributed by atoms with Gasteiger partial charge in [-0.25, -0.2) is 4.39 Å². The van der Waals surface area contributed by atoms with E-state index >= 15 is 0 Å². The monoisotopic (exact) mass is 362 g/mol. The van der Waals surface area contributed by atoms with E-state index < -0.39 is 0 Å². The van der Waals surface area contributed by atoms with Gasteiger partial charge in [-0.3, -0.25) is 4.79 Å². The molecule has 4 nitrogen and oxygen atoms in total. The summed E-state index contributed by atoms with van der Waals surface area (Å²) in [6.45, 7) is 3.53. The fourth-order valence-corrected chi connectivity index (χ4v) is 3.15. The van der Waals surface area contributed by atoms with Crippen molar-refractivity contribution in [2.24, 2.45) is 0 Å². The van der Waals surface area contributed by atoms with Gasteiger partial charge < -0.3 is 15.0 Å². The van der Waals surface area contributed by atoms with Crippen LogP contribution in [-0.2, 0) is 4.79 Å². The van der Waals surface area contributed by atoms with Gasteiger partial charge in [0.15, 0.2) is 6.61 Å². The molecule has 1 heterocycles. The van der Waals surface area contributed by atoms with Crippen molar-refractivity contribution in [2.75, 3.05) is 29.9 Å². The minimum atomic E-state index is -0.367. The summed E-state index contributed by atoms with van der Waals surface area (Å²) in [7, 11) is 0. The average molecular weight is 363 g/mol. The number of rotatable bonds is 5. The minimum absolute atomic E-state index is 0.155. The molecule has 0 radical (unpaired) electrons. The maximum atomic E-state index is 13.9. The van der Waals surface area contributed by atoms with Crippen molar-refractivity contribution in [1.29, 1.82) is 0 Å². The first-order chi connectivity index (χ1) is 12.0. The molecule has 1 saturated heterocycles. The summed E-state index contributed by atoms with van der Waals surface area (Å²) >= 11 is 5.90. The van der Waals surface area contributed by atoms with Crippen LogP contribution in [0.15, 0.2) is 36.4 Å². The van der Waals surface area contributed by atoms with Crippen LogP contribution in [0.5, 0.6) is 5.75 Å². The Bertz CT molecular complexity index is 776. The zero-order chi connectivity index (χ0) is 17.8. The lowest BCUT2D eigenvalue weighted by Crippen LogP contribution is -2.21. The van der Waals surface area contributed by atoms with E-state index in [1.54, 1.807) is 24.3 Å². The van der Waals surface area contributed by atoms with Gasteiger partial charge in [0.2, 0.25) is 0 Å². The Labute approximate surface area is 151 Å². The van der Waals surface area contributed by atoms with Crippen LogP contribution in [-0.4, -0.2) is 25.6 Å². The van der Waals surface area contributed by atoms with Gasteiger partial charge in [0.05, 0.1) is 0 Å². The van der Waals surface area contributed by atoms with Gasteiger partial charge in [-0.15, -0.1) is 0 Å². The maximum Gasteiger partial charge on any atom is 0.262 e. The van der Waals surface area contributed by atoms with E-state index in [9.17, 15) is 9.18 Å². The summed E-state index contributed by atoms with van der Waals surface area (Å²) in [5, 5.41) is 3.31. The zero-order valence-electron chi connectivity index (χ0n) is 14.0. The molecule has 1 fully saturated rings. The first kappa shape index (κ1) is 17.5. The third-order valence-corrected chi connectivity index (χ3v) is 4.37. The largest absolute Gasteiger partial charge is 0.483 e. The third kappa shape index (κ3) is 4.63. The van der Waals surface area contributed by atoms with Crippen molar-refractivity contribution in [2.45, 2.75) is 19.8 Å². The number of ether oxygens (including phenoxy) is 1. The lowest BCUT2D eigenvalue weighted by molar-refractivity contribution is -0.118. The quantitative estimate of drug-likeness (QED) is 0.856. The summed E-state index contributed by atoms with van der Waals surface area (Å²) < 4.78 is 19.4. The molecule has 2 aromatic carbocycles. The topological polar surface area (TPSA) is 41.6 Å². The second kappa shape index (κ2) is 7.74. The molecule has 0 aromatic heterocycles. The number of hydrogen-bond donors (Lipinski definition) is 1. The van der Waals surface area contributed by atoms with Crippen molar-refractivity contribution >= 4 is 28.9 Å². The molecule has 0 saturated carbocycles. The van der Waals surface area contributed by atoms with Crippen molar-refractivity contribution in [3.05, 3.63) is 52.8 Å². The van der Waals surface area contributed by atoms with Gasteiger partial charge in [0.25, 0.3) is 5.91 Å². The predicted octanol–water partition coefficient (Wildman–Crippen LogP) is 4.41. The number of halogens is 2. The lowest BCUT2D eigenvalue weighted by Gasteiger charge is -2.19. The number of aryl methyl sites for hydroxylation is 1. The van der Waals surface area contributed by atoms with Crippen molar-refractivity contribution in [3.8, 4) is 5.75 Å². The molecule has 1 aliphatic rings. The van der Waals surface area contributed by atoms with E-state index in [1.807, 2.05) is 6.92 Å². The second-order valence-electron chi connectivity index (χ2n) is 6.14. The minimum Gasteiger partial charge on any atom is -0.483 e. The first-order valence-corrected chi connectivity index (χ1v) is 8.63. The van der Waals surface area contributed by atoms with Gasteiger partial charge in [-0.05, 0) is 61.7 Å². The molecule has 0 spiro atoms. The predicted molar refractivity (Wildman–Crippen MR) is 98.2 cm³/mol. The SMILES string of the molecule is Cc1cc(Cl)ccc1OCC(=O)Nc1cc(F)cc(N2CCCC2)c1. The average Bonchev–Trinajstić information content (AvgIpc) is 3.08. The van der Waals surface area contributed by atoms with Crippen LogP contribution in [0.2, 0.25) is 5.02 Å². The Balaban J connectivity index is 1.62. The number of amides is 1. The van der Waals surface area contributed by atoms with E-state index in [2.05, 4.69) is 10.2 Å². The highest BCUT2D eigenvalue weighted by atomic mass is 35.5. The Morgan fingerprint density at radius 2 is 2.00 bits per heavy atom. The van der Waals surface area contributed by atoms with Crippen LogP contribution in [0.3, 0.4) is 0 Å². The highest BCUT2D eigenvalue weighted by Gasteiger charge is 2.15. The molecule has 0 unspecified atom stereocenters. The van der Waals surface area contributed by atoms with Gasteiger partial charge in [-0.2, -0.15) is 0 Å². The Morgan fingerprint density at radius 3 is 2.72 bits per heavy atom. The van der Waals surface area contributed by atoms with E-state index in [1.165, 1.54) is 12.1 Å². The van der Waals surface area contributed by atoms with E-state index in [0.29, 0.717) is 16.5 Å². The maximum absolute atomic E-state index is 13.9. The van der Waals surface area contributed by atoms with E-state index in [0.717, 1.165) is 37.2 Å². The summed E-state index contributed by atoms with van der Waals surface area (Å²) in [6.07, 6.45) is 2.21. The van der Waals surface area contributed by atoms with E-state index in [-0.39, 0.29) is 18.3 Å².